The van der Waals surface area contributed by atoms with Crippen LogP contribution in [0.3, 0.4) is 0 Å². The standard InChI is InChI=1S/C26H33FN2O2/c1-3-24(26(31)28-23-10-5-4-6-11-23)29(18-20-12-14-22(27)15-13-20)25(30)17-21-9-7-8-19(2)16-21/h7-9,12-16,23-24H,3-6,10-11,17-18H2,1-2H3,(H,28,31). The maximum Gasteiger partial charge on any atom is 0.243 e. The number of amides is 2. The highest BCUT2D eigenvalue weighted by molar-refractivity contribution is 5.88. The van der Waals surface area contributed by atoms with Crippen molar-refractivity contribution < 1.29 is 14.0 Å². The molecule has 5 heteroatoms. The first-order chi connectivity index (χ1) is 15.0. The van der Waals surface area contributed by atoms with Crippen LogP contribution in [0.15, 0.2) is 48.5 Å². The van der Waals surface area contributed by atoms with Crippen molar-refractivity contribution in [3.63, 3.8) is 0 Å². The van der Waals surface area contributed by atoms with E-state index in [9.17, 15) is 14.0 Å². The lowest BCUT2D eigenvalue weighted by atomic mass is 9.95. The number of carbonyl (C=O) groups excluding carboxylic acids is 2. The van der Waals surface area contributed by atoms with Crippen LogP contribution < -0.4 is 5.32 Å². The summed E-state index contributed by atoms with van der Waals surface area (Å²) in [6, 6.07) is 13.6. The third-order valence-corrected chi connectivity index (χ3v) is 6.04. The lowest BCUT2D eigenvalue weighted by Gasteiger charge is -2.33. The van der Waals surface area contributed by atoms with Crippen molar-refractivity contribution in [1.82, 2.24) is 10.2 Å². The van der Waals surface area contributed by atoms with E-state index in [2.05, 4.69) is 5.32 Å². The molecule has 1 atom stereocenters. The van der Waals surface area contributed by atoms with Gasteiger partial charge in [0.2, 0.25) is 11.8 Å². The predicted octanol–water partition coefficient (Wildman–Crippen LogP) is 4.93. The van der Waals surface area contributed by atoms with Crippen molar-refractivity contribution >= 4 is 11.8 Å². The first-order valence-corrected chi connectivity index (χ1v) is 11.4. The molecule has 2 amide bonds. The second-order valence-corrected chi connectivity index (χ2v) is 8.58. The molecule has 1 aliphatic carbocycles. The van der Waals surface area contributed by atoms with Gasteiger partial charge in [-0.3, -0.25) is 9.59 Å². The zero-order valence-corrected chi connectivity index (χ0v) is 18.6. The molecule has 2 aromatic rings. The maximum atomic E-state index is 13.4. The molecular formula is C26H33FN2O2. The van der Waals surface area contributed by atoms with E-state index in [4.69, 9.17) is 0 Å². The Morgan fingerprint density at radius 3 is 2.42 bits per heavy atom. The van der Waals surface area contributed by atoms with Gasteiger partial charge < -0.3 is 10.2 Å². The maximum absolute atomic E-state index is 13.4. The molecule has 3 rings (SSSR count). The van der Waals surface area contributed by atoms with Gasteiger partial charge in [-0.2, -0.15) is 0 Å². The van der Waals surface area contributed by atoms with Gasteiger partial charge in [0.05, 0.1) is 6.42 Å². The molecule has 0 aliphatic heterocycles. The summed E-state index contributed by atoms with van der Waals surface area (Å²) >= 11 is 0. The molecule has 1 saturated carbocycles. The summed E-state index contributed by atoms with van der Waals surface area (Å²) < 4.78 is 13.4. The van der Waals surface area contributed by atoms with Gasteiger partial charge >= 0.3 is 0 Å². The van der Waals surface area contributed by atoms with E-state index >= 15 is 0 Å². The highest BCUT2D eigenvalue weighted by Crippen LogP contribution is 2.20. The molecule has 0 bridgehead atoms. The molecule has 1 aliphatic rings. The Labute approximate surface area is 184 Å². The molecule has 4 nitrogen and oxygen atoms in total. The second-order valence-electron chi connectivity index (χ2n) is 8.58. The Bertz CT molecular complexity index is 875. The minimum atomic E-state index is -0.552. The highest BCUT2D eigenvalue weighted by atomic mass is 19.1. The van der Waals surface area contributed by atoms with Crippen LogP contribution in [0.2, 0.25) is 0 Å². The minimum absolute atomic E-state index is 0.0888. The fraction of sp³-hybridized carbons (Fsp3) is 0.462. The fourth-order valence-corrected chi connectivity index (χ4v) is 4.35. The second kappa shape index (κ2) is 11.1. The smallest absolute Gasteiger partial charge is 0.243 e. The van der Waals surface area contributed by atoms with Crippen LogP contribution in [0.25, 0.3) is 0 Å². The number of halogens is 1. The summed E-state index contributed by atoms with van der Waals surface area (Å²) in [7, 11) is 0. The summed E-state index contributed by atoms with van der Waals surface area (Å²) in [6.07, 6.45) is 6.24. The summed E-state index contributed by atoms with van der Waals surface area (Å²) in [6.45, 7) is 4.21. The van der Waals surface area contributed by atoms with Crippen LogP contribution >= 0.6 is 0 Å². The Hall–Kier alpha value is -2.69. The number of aryl methyl sites for hydroxylation is 1. The number of hydrogen-bond donors (Lipinski definition) is 1. The molecular weight excluding hydrogens is 391 g/mol. The van der Waals surface area contributed by atoms with Crippen molar-refractivity contribution in [1.29, 1.82) is 0 Å². The quantitative estimate of drug-likeness (QED) is 0.653. The summed E-state index contributed by atoms with van der Waals surface area (Å²) in [5.41, 5.74) is 2.83. The number of nitrogens with zero attached hydrogens (tertiary/aromatic N) is 1. The molecule has 1 fully saturated rings. The number of hydrogen-bond acceptors (Lipinski definition) is 2. The van der Waals surface area contributed by atoms with Gasteiger partial charge in [0, 0.05) is 12.6 Å². The van der Waals surface area contributed by atoms with E-state index in [0.717, 1.165) is 42.4 Å². The fourth-order valence-electron chi connectivity index (χ4n) is 4.35. The van der Waals surface area contributed by atoms with Crippen LogP contribution in [0, 0.1) is 12.7 Å². The molecule has 166 valence electrons. The molecule has 0 saturated heterocycles. The van der Waals surface area contributed by atoms with E-state index in [-0.39, 0.29) is 36.6 Å². The average Bonchev–Trinajstić information content (AvgIpc) is 2.75. The molecule has 0 aromatic heterocycles. The van der Waals surface area contributed by atoms with E-state index in [1.165, 1.54) is 18.6 Å². The Morgan fingerprint density at radius 2 is 1.77 bits per heavy atom. The number of benzene rings is 2. The van der Waals surface area contributed by atoms with Gasteiger partial charge in [0.25, 0.3) is 0 Å². The monoisotopic (exact) mass is 424 g/mol. The predicted molar refractivity (Wildman–Crippen MR) is 121 cm³/mol. The molecule has 1 unspecified atom stereocenters. The van der Waals surface area contributed by atoms with Crippen LogP contribution in [0.1, 0.15) is 62.1 Å². The summed E-state index contributed by atoms with van der Waals surface area (Å²) in [5, 5.41) is 3.18. The van der Waals surface area contributed by atoms with Crippen LogP contribution in [0.4, 0.5) is 4.39 Å². The van der Waals surface area contributed by atoms with Gasteiger partial charge in [0.1, 0.15) is 11.9 Å². The van der Waals surface area contributed by atoms with Crippen molar-refractivity contribution in [3.8, 4) is 0 Å². The first-order valence-electron chi connectivity index (χ1n) is 11.4. The molecule has 0 radical (unpaired) electrons. The van der Waals surface area contributed by atoms with Crippen LogP contribution in [-0.4, -0.2) is 28.8 Å². The summed E-state index contributed by atoms with van der Waals surface area (Å²) in [4.78, 5) is 28.2. The normalized spacial score (nSPS) is 15.3. The zero-order chi connectivity index (χ0) is 22.2. The number of rotatable bonds is 8. The van der Waals surface area contributed by atoms with Gasteiger partial charge in [-0.25, -0.2) is 4.39 Å². The molecule has 0 heterocycles. The SMILES string of the molecule is CCC(C(=O)NC1CCCCC1)N(Cc1ccc(F)cc1)C(=O)Cc1cccc(C)c1. The van der Waals surface area contributed by atoms with E-state index in [1.54, 1.807) is 17.0 Å². The van der Waals surface area contributed by atoms with Crippen LogP contribution in [-0.2, 0) is 22.6 Å². The molecule has 31 heavy (non-hydrogen) atoms. The lowest BCUT2D eigenvalue weighted by molar-refractivity contribution is -0.141. The van der Waals surface area contributed by atoms with Crippen molar-refractivity contribution in [3.05, 3.63) is 71.0 Å². The van der Waals surface area contributed by atoms with Crippen molar-refractivity contribution in [2.45, 2.75) is 77.4 Å². The van der Waals surface area contributed by atoms with Gasteiger partial charge in [0.15, 0.2) is 0 Å². The Balaban J connectivity index is 1.80. The average molecular weight is 425 g/mol. The molecule has 2 aromatic carbocycles. The van der Waals surface area contributed by atoms with Crippen molar-refractivity contribution in [2.75, 3.05) is 0 Å². The van der Waals surface area contributed by atoms with Crippen LogP contribution in [0.5, 0.6) is 0 Å². The first kappa shape index (κ1) is 23.0. The third kappa shape index (κ3) is 6.65. The van der Waals surface area contributed by atoms with E-state index in [1.807, 2.05) is 38.1 Å². The largest absolute Gasteiger partial charge is 0.352 e. The highest BCUT2D eigenvalue weighted by Gasteiger charge is 2.30. The number of nitrogens with one attached hydrogen (secondary N) is 1. The molecule has 0 spiro atoms. The van der Waals surface area contributed by atoms with Gasteiger partial charge in [-0.1, -0.05) is 68.1 Å². The Morgan fingerprint density at radius 1 is 1.06 bits per heavy atom. The van der Waals surface area contributed by atoms with Gasteiger partial charge in [-0.05, 0) is 49.4 Å². The third-order valence-electron chi connectivity index (χ3n) is 6.04. The zero-order valence-electron chi connectivity index (χ0n) is 18.6. The van der Waals surface area contributed by atoms with E-state index in [0.29, 0.717) is 6.42 Å². The van der Waals surface area contributed by atoms with Gasteiger partial charge in [-0.15, -0.1) is 0 Å². The molecule has 1 N–H and O–H groups in total. The summed E-state index contributed by atoms with van der Waals surface area (Å²) in [5.74, 6) is -0.502. The Kier molecular flexibility index (Phi) is 8.21. The topological polar surface area (TPSA) is 49.4 Å². The lowest BCUT2D eigenvalue weighted by Crippen LogP contribution is -2.51. The minimum Gasteiger partial charge on any atom is -0.352 e. The van der Waals surface area contributed by atoms with E-state index < -0.39 is 6.04 Å². The number of carbonyl (C=O) groups is 2. The van der Waals surface area contributed by atoms with Crippen molar-refractivity contribution in [2.24, 2.45) is 0 Å².